The van der Waals surface area contributed by atoms with E-state index in [1.807, 2.05) is 44.2 Å². The molecule has 0 heterocycles. The van der Waals surface area contributed by atoms with Crippen LogP contribution < -0.4 is 11.1 Å². The molecule has 0 aliphatic heterocycles. The van der Waals surface area contributed by atoms with Crippen LogP contribution in [0.25, 0.3) is 0 Å². The molecule has 2 amide bonds. The zero-order valence-electron chi connectivity index (χ0n) is 13.1. The lowest BCUT2D eigenvalue weighted by Gasteiger charge is -2.24. The van der Waals surface area contributed by atoms with Crippen LogP contribution in [-0.4, -0.2) is 17.9 Å². The standard InChI is InChI=1S/C17H26N2O2/c1-4-5-9-12(2)17(21)19-15(16(18)20)13(3)14-10-7-6-8-11-14/h6-8,10-13,15H,4-5,9H2,1-3H3,(H2,18,20)(H,19,21)/t12-,13+,15-/m0/s1. The Labute approximate surface area is 127 Å². The molecule has 4 nitrogen and oxygen atoms in total. The fourth-order valence-corrected chi connectivity index (χ4v) is 2.33. The van der Waals surface area contributed by atoms with Crippen molar-refractivity contribution < 1.29 is 9.59 Å². The van der Waals surface area contributed by atoms with Crippen molar-refractivity contribution in [3.63, 3.8) is 0 Å². The van der Waals surface area contributed by atoms with Crippen LogP contribution in [0, 0.1) is 5.92 Å². The minimum absolute atomic E-state index is 0.102. The van der Waals surface area contributed by atoms with E-state index in [4.69, 9.17) is 5.73 Å². The number of amides is 2. The molecule has 0 aliphatic carbocycles. The van der Waals surface area contributed by atoms with Gasteiger partial charge in [0, 0.05) is 11.8 Å². The van der Waals surface area contributed by atoms with E-state index in [1.165, 1.54) is 0 Å². The Morgan fingerprint density at radius 3 is 2.33 bits per heavy atom. The predicted octanol–water partition coefficient (Wildman–Crippen LogP) is 2.59. The second-order valence-corrected chi connectivity index (χ2v) is 5.63. The molecule has 0 saturated heterocycles. The smallest absolute Gasteiger partial charge is 0.240 e. The molecule has 0 saturated carbocycles. The molecule has 1 aromatic carbocycles. The second kappa shape index (κ2) is 8.45. The third-order valence-corrected chi connectivity index (χ3v) is 3.87. The summed E-state index contributed by atoms with van der Waals surface area (Å²) in [5, 5.41) is 2.81. The second-order valence-electron chi connectivity index (χ2n) is 5.63. The maximum Gasteiger partial charge on any atom is 0.240 e. The van der Waals surface area contributed by atoms with Crippen molar-refractivity contribution in [3.05, 3.63) is 35.9 Å². The molecule has 4 heteroatoms. The first-order chi connectivity index (χ1) is 9.97. The Hall–Kier alpha value is -1.84. The van der Waals surface area contributed by atoms with Gasteiger partial charge in [-0.15, -0.1) is 0 Å². The van der Waals surface area contributed by atoms with E-state index in [0.717, 1.165) is 24.8 Å². The van der Waals surface area contributed by atoms with E-state index in [9.17, 15) is 9.59 Å². The van der Waals surface area contributed by atoms with Gasteiger partial charge in [0.15, 0.2) is 0 Å². The van der Waals surface area contributed by atoms with Crippen molar-refractivity contribution in [1.82, 2.24) is 5.32 Å². The van der Waals surface area contributed by atoms with Gasteiger partial charge in [-0.1, -0.05) is 63.9 Å². The van der Waals surface area contributed by atoms with Gasteiger partial charge in [0.05, 0.1) is 0 Å². The van der Waals surface area contributed by atoms with Crippen LogP contribution in [0.15, 0.2) is 30.3 Å². The first-order valence-corrected chi connectivity index (χ1v) is 7.62. The molecule has 0 aliphatic rings. The van der Waals surface area contributed by atoms with Crippen LogP contribution in [-0.2, 0) is 9.59 Å². The summed E-state index contributed by atoms with van der Waals surface area (Å²) in [7, 11) is 0. The Balaban J connectivity index is 2.74. The summed E-state index contributed by atoms with van der Waals surface area (Å²) in [6.45, 7) is 5.88. The van der Waals surface area contributed by atoms with Gasteiger partial charge in [0.25, 0.3) is 0 Å². The van der Waals surface area contributed by atoms with Gasteiger partial charge in [-0.05, 0) is 12.0 Å². The van der Waals surface area contributed by atoms with Gasteiger partial charge in [-0.3, -0.25) is 9.59 Å². The molecular weight excluding hydrogens is 264 g/mol. The number of benzene rings is 1. The van der Waals surface area contributed by atoms with Crippen LogP contribution in [0.2, 0.25) is 0 Å². The summed E-state index contributed by atoms with van der Waals surface area (Å²) in [6, 6.07) is 8.94. The minimum atomic E-state index is -0.677. The Kier molecular flexibility index (Phi) is 6.92. The average molecular weight is 290 g/mol. The van der Waals surface area contributed by atoms with E-state index >= 15 is 0 Å². The lowest BCUT2D eigenvalue weighted by atomic mass is 9.92. The number of rotatable bonds is 8. The Bertz CT molecular complexity index is 459. The molecule has 21 heavy (non-hydrogen) atoms. The number of carbonyl (C=O) groups excluding carboxylic acids is 2. The van der Waals surface area contributed by atoms with Crippen LogP contribution in [0.4, 0.5) is 0 Å². The molecule has 0 aromatic heterocycles. The average Bonchev–Trinajstić information content (AvgIpc) is 2.49. The third-order valence-electron chi connectivity index (χ3n) is 3.87. The van der Waals surface area contributed by atoms with E-state index in [-0.39, 0.29) is 17.7 Å². The van der Waals surface area contributed by atoms with Gasteiger partial charge in [0.1, 0.15) is 6.04 Å². The topological polar surface area (TPSA) is 72.2 Å². The summed E-state index contributed by atoms with van der Waals surface area (Å²) in [6.07, 6.45) is 2.88. The number of hydrogen-bond acceptors (Lipinski definition) is 2. The van der Waals surface area contributed by atoms with Gasteiger partial charge in [0.2, 0.25) is 11.8 Å². The summed E-state index contributed by atoms with van der Waals surface area (Å²) in [5.41, 5.74) is 6.46. The normalized spacial score (nSPS) is 15.0. The monoisotopic (exact) mass is 290 g/mol. The molecular formula is C17H26N2O2. The zero-order valence-corrected chi connectivity index (χ0v) is 13.1. The number of nitrogens with two attached hydrogens (primary N) is 1. The molecule has 0 unspecified atom stereocenters. The molecule has 1 rings (SSSR count). The highest BCUT2D eigenvalue weighted by atomic mass is 16.2. The van der Waals surface area contributed by atoms with Crippen LogP contribution >= 0.6 is 0 Å². The van der Waals surface area contributed by atoms with Gasteiger partial charge >= 0.3 is 0 Å². The number of carbonyl (C=O) groups is 2. The highest BCUT2D eigenvalue weighted by Crippen LogP contribution is 2.19. The third kappa shape index (κ3) is 5.21. The molecule has 3 atom stereocenters. The quantitative estimate of drug-likeness (QED) is 0.772. The van der Waals surface area contributed by atoms with Gasteiger partial charge in [-0.2, -0.15) is 0 Å². The highest BCUT2D eigenvalue weighted by molar-refractivity contribution is 5.88. The highest BCUT2D eigenvalue weighted by Gasteiger charge is 2.27. The van der Waals surface area contributed by atoms with Crippen molar-refractivity contribution in [3.8, 4) is 0 Å². The van der Waals surface area contributed by atoms with Gasteiger partial charge in [-0.25, -0.2) is 0 Å². The fraction of sp³-hybridized carbons (Fsp3) is 0.529. The molecule has 0 radical (unpaired) electrons. The van der Waals surface area contributed by atoms with Crippen LogP contribution in [0.1, 0.15) is 51.5 Å². The maximum atomic E-state index is 12.2. The Morgan fingerprint density at radius 2 is 1.81 bits per heavy atom. The molecule has 0 fully saturated rings. The molecule has 0 bridgehead atoms. The number of nitrogens with one attached hydrogen (secondary N) is 1. The lowest BCUT2D eigenvalue weighted by molar-refractivity contribution is -0.130. The van der Waals surface area contributed by atoms with Crippen molar-refractivity contribution in [1.29, 1.82) is 0 Å². The largest absolute Gasteiger partial charge is 0.368 e. The maximum absolute atomic E-state index is 12.2. The number of hydrogen-bond donors (Lipinski definition) is 2. The Morgan fingerprint density at radius 1 is 1.19 bits per heavy atom. The molecule has 1 aromatic rings. The van der Waals surface area contributed by atoms with Crippen molar-refractivity contribution >= 4 is 11.8 Å². The van der Waals surface area contributed by atoms with Crippen LogP contribution in [0.3, 0.4) is 0 Å². The molecule has 3 N–H and O–H groups in total. The van der Waals surface area contributed by atoms with Crippen LogP contribution in [0.5, 0.6) is 0 Å². The first-order valence-electron chi connectivity index (χ1n) is 7.62. The summed E-state index contributed by atoms with van der Waals surface area (Å²) < 4.78 is 0. The van der Waals surface area contributed by atoms with E-state index in [0.29, 0.717) is 0 Å². The van der Waals surface area contributed by atoms with Gasteiger partial charge < -0.3 is 11.1 Å². The fourth-order valence-electron chi connectivity index (χ4n) is 2.33. The number of unbranched alkanes of at least 4 members (excludes halogenated alkanes) is 1. The van der Waals surface area contributed by atoms with Crippen molar-refractivity contribution in [2.75, 3.05) is 0 Å². The molecule has 116 valence electrons. The first kappa shape index (κ1) is 17.2. The summed E-state index contributed by atoms with van der Waals surface area (Å²) in [5.74, 6) is -0.849. The molecule has 0 spiro atoms. The zero-order chi connectivity index (χ0) is 15.8. The van der Waals surface area contributed by atoms with E-state index in [1.54, 1.807) is 0 Å². The summed E-state index contributed by atoms with van der Waals surface area (Å²) in [4.78, 5) is 23.9. The number of primary amides is 1. The SMILES string of the molecule is CCCC[C@H](C)C(=O)N[C@H](C(N)=O)[C@H](C)c1ccccc1. The summed E-state index contributed by atoms with van der Waals surface area (Å²) >= 11 is 0. The minimum Gasteiger partial charge on any atom is -0.368 e. The lowest BCUT2D eigenvalue weighted by Crippen LogP contribution is -2.49. The predicted molar refractivity (Wildman–Crippen MR) is 84.7 cm³/mol. The van der Waals surface area contributed by atoms with E-state index in [2.05, 4.69) is 12.2 Å². The van der Waals surface area contributed by atoms with Crippen molar-refractivity contribution in [2.24, 2.45) is 11.7 Å². The van der Waals surface area contributed by atoms with E-state index < -0.39 is 11.9 Å². The van der Waals surface area contributed by atoms with Crippen molar-refractivity contribution in [2.45, 2.75) is 52.0 Å².